The fraction of sp³-hybridized carbons (Fsp3) is 0.438. The van der Waals surface area contributed by atoms with Crippen LogP contribution < -0.4 is 5.32 Å². The number of aromatic nitrogens is 2. The average Bonchev–Trinajstić information content (AvgIpc) is 2.77. The van der Waals surface area contributed by atoms with Crippen molar-refractivity contribution in [3.63, 3.8) is 0 Å². The molecule has 0 amide bonds. The van der Waals surface area contributed by atoms with Crippen molar-refractivity contribution in [1.29, 1.82) is 0 Å². The Morgan fingerprint density at radius 2 is 1.89 bits per heavy atom. The van der Waals surface area contributed by atoms with Gasteiger partial charge in [0, 0.05) is 12.2 Å². The molecular formula is C16H23N3. The van der Waals surface area contributed by atoms with Crippen LogP contribution in [0.4, 0.5) is 0 Å². The topological polar surface area (TPSA) is 29.9 Å². The molecule has 0 bridgehead atoms. The maximum Gasteiger partial charge on any atom is 0.0662 e. The number of rotatable bonds is 6. The second-order valence-electron chi connectivity index (χ2n) is 5.28. The summed E-state index contributed by atoms with van der Waals surface area (Å²) in [6, 6.07) is 11.2. The molecule has 3 heteroatoms. The van der Waals surface area contributed by atoms with Crippen LogP contribution in [-0.4, -0.2) is 22.4 Å². The molecule has 0 saturated carbocycles. The Morgan fingerprint density at radius 1 is 1.16 bits per heavy atom. The van der Waals surface area contributed by atoms with E-state index in [0.717, 1.165) is 25.2 Å². The molecule has 0 saturated heterocycles. The first-order valence-corrected chi connectivity index (χ1v) is 6.95. The van der Waals surface area contributed by atoms with Crippen molar-refractivity contribution in [1.82, 2.24) is 15.1 Å². The fourth-order valence-corrected chi connectivity index (χ4v) is 2.18. The van der Waals surface area contributed by atoms with Gasteiger partial charge in [-0.15, -0.1) is 0 Å². The Labute approximate surface area is 115 Å². The highest BCUT2D eigenvalue weighted by atomic mass is 15.3. The van der Waals surface area contributed by atoms with Crippen molar-refractivity contribution in [2.24, 2.45) is 0 Å². The van der Waals surface area contributed by atoms with E-state index in [9.17, 15) is 0 Å². The molecule has 0 fully saturated rings. The van der Waals surface area contributed by atoms with Crippen molar-refractivity contribution in [3.05, 3.63) is 53.3 Å². The lowest BCUT2D eigenvalue weighted by molar-refractivity contribution is 0.587. The predicted octanol–water partition coefficient (Wildman–Crippen LogP) is 2.78. The van der Waals surface area contributed by atoms with Crippen LogP contribution in [0.15, 0.2) is 36.5 Å². The summed E-state index contributed by atoms with van der Waals surface area (Å²) in [5, 5.41) is 7.92. The molecule has 1 heterocycles. The summed E-state index contributed by atoms with van der Waals surface area (Å²) in [5.74, 6) is 0. The van der Waals surface area contributed by atoms with E-state index in [4.69, 9.17) is 0 Å². The average molecular weight is 257 g/mol. The largest absolute Gasteiger partial charge is 0.314 e. The molecule has 0 unspecified atom stereocenters. The molecule has 2 aromatic rings. The Morgan fingerprint density at radius 3 is 2.53 bits per heavy atom. The van der Waals surface area contributed by atoms with Gasteiger partial charge in [0.05, 0.1) is 12.2 Å². The molecule has 3 nitrogen and oxygen atoms in total. The van der Waals surface area contributed by atoms with E-state index in [0.29, 0.717) is 6.04 Å². The van der Waals surface area contributed by atoms with Crippen molar-refractivity contribution in [3.8, 4) is 0 Å². The summed E-state index contributed by atoms with van der Waals surface area (Å²) >= 11 is 0. The van der Waals surface area contributed by atoms with Crippen molar-refractivity contribution < 1.29 is 0 Å². The minimum atomic E-state index is 0.543. The number of hydrogen-bond acceptors (Lipinski definition) is 2. The Hall–Kier alpha value is -1.61. The molecule has 0 aliphatic rings. The summed E-state index contributed by atoms with van der Waals surface area (Å²) in [4.78, 5) is 0. The highest BCUT2D eigenvalue weighted by molar-refractivity contribution is 5.27. The number of benzene rings is 1. The zero-order valence-electron chi connectivity index (χ0n) is 12.1. The highest BCUT2D eigenvalue weighted by Crippen LogP contribution is 2.11. The molecule has 0 aliphatic heterocycles. The molecule has 2 rings (SSSR count). The zero-order chi connectivity index (χ0) is 13.7. The van der Waals surface area contributed by atoms with Crippen LogP contribution in [0.5, 0.6) is 0 Å². The first-order valence-electron chi connectivity index (χ1n) is 6.95. The number of nitrogens with one attached hydrogen (secondary N) is 1. The Bertz CT molecular complexity index is 514. The molecule has 102 valence electrons. The van der Waals surface area contributed by atoms with Crippen LogP contribution in [0.25, 0.3) is 0 Å². The molecule has 1 N–H and O–H groups in total. The second kappa shape index (κ2) is 6.53. The van der Waals surface area contributed by atoms with E-state index in [1.807, 2.05) is 23.9 Å². The highest BCUT2D eigenvalue weighted by Gasteiger charge is 2.04. The third-order valence-electron chi connectivity index (χ3n) is 3.17. The van der Waals surface area contributed by atoms with Crippen LogP contribution >= 0.6 is 0 Å². The SMILES string of the molecule is Cc1ccn(Cc2ccccc2CCNC(C)C)n1. The van der Waals surface area contributed by atoms with Crippen molar-refractivity contribution in [2.45, 2.75) is 39.8 Å². The molecular weight excluding hydrogens is 234 g/mol. The zero-order valence-corrected chi connectivity index (χ0v) is 12.1. The van der Waals surface area contributed by atoms with Gasteiger partial charge in [0.2, 0.25) is 0 Å². The van der Waals surface area contributed by atoms with Crippen LogP contribution in [-0.2, 0) is 13.0 Å². The lowest BCUT2D eigenvalue weighted by Gasteiger charge is -2.12. The first-order chi connectivity index (χ1) is 9.15. The van der Waals surface area contributed by atoms with Gasteiger partial charge >= 0.3 is 0 Å². The monoisotopic (exact) mass is 257 g/mol. The first kappa shape index (κ1) is 13.8. The molecule has 0 atom stereocenters. The quantitative estimate of drug-likeness (QED) is 0.862. The Balaban J connectivity index is 2.03. The van der Waals surface area contributed by atoms with Gasteiger partial charge in [-0.1, -0.05) is 38.1 Å². The van der Waals surface area contributed by atoms with Crippen molar-refractivity contribution >= 4 is 0 Å². The van der Waals surface area contributed by atoms with Gasteiger partial charge in [-0.25, -0.2) is 0 Å². The summed E-state index contributed by atoms with van der Waals surface area (Å²) in [6.45, 7) is 8.25. The fourth-order valence-electron chi connectivity index (χ4n) is 2.18. The summed E-state index contributed by atoms with van der Waals surface area (Å²) < 4.78 is 2.00. The number of aryl methyl sites for hydroxylation is 1. The van der Waals surface area contributed by atoms with Gasteiger partial charge in [0.25, 0.3) is 0 Å². The van der Waals surface area contributed by atoms with E-state index < -0.39 is 0 Å². The van der Waals surface area contributed by atoms with Crippen LogP contribution in [0.3, 0.4) is 0 Å². The van der Waals surface area contributed by atoms with Gasteiger partial charge < -0.3 is 5.32 Å². The van der Waals surface area contributed by atoms with Crippen LogP contribution in [0.1, 0.15) is 30.7 Å². The van der Waals surface area contributed by atoms with E-state index in [-0.39, 0.29) is 0 Å². The van der Waals surface area contributed by atoms with Crippen molar-refractivity contribution in [2.75, 3.05) is 6.54 Å². The lowest BCUT2D eigenvalue weighted by atomic mass is 10.0. The third-order valence-corrected chi connectivity index (χ3v) is 3.17. The van der Waals surface area contributed by atoms with Gasteiger partial charge in [0.15, 0.2) is 0 Å². The van der Waals surface area contributed by atoms with Crippen LogP contribution in [0.2, 0.25) is 0 Å². The van der Waals surface area contributed by atoms with E-state index in [2.05, 4.69) is 48.5 Å². The van der Waals surface area contributed by atoms with E-state index >= 15 is 0 Å². The minimum Gasteiger partial charge on any atom is -0.314 e. The number of nitrogens with zero attached hydrogens (tertiary/aromatic N) is 2. The third kappa shape index (κ3) is 4.21. The minimum absolute atomic E-state index is 0.543. The second-order valence-corrected chi connectivity index (χ2v) is 5.28. The predicted molar refractivity (Wildman–Crippen MR) is 79.4 cm³/mol. The van der Waals surface area contributed by atoms with Crippen LogP contribution in [0, 0.1) is 6.92 Å². The number of hydrogen-bond donors (Lipinski definition) is 1. The standard InChI is InChI=1S/C16H23N3/c1-13(2)17-10-8-15-6-4-5-7-16(15)12-19-11-9-14(3)18-19/h4-7,9,11,13,17H,8,10,12H2,1-3H3. The molecule has 1 aromatic heterocycles. The summed E-state index contributed by atoms with van der Waals surface area (Å²) in [5.41, 5.74) is 3.83. The molecule has 0 aliphatic carbocycles. The molecule has 0 spiro atoms. The smallest absolute Gasteiger partial charge is 0.0662 e. The van der Waals surface area contributed by atoms with E-state index in [1.54, 1.807) is 0 Å². The molecule has 19 heavy (non-hydrogen) atoms. The Kier molecular flexibility index (Phi) is 4.74. The molecule has 1 aromatic carbocycles. The van der Waals surface area contributed by atoms with Gasteiger partial charge in [-0.2, -0.15) is 5.10 Å². The van der Waals surface area contributed by atoms with E-state index in [1.165, 1.54) is 11.1 Å². The maximum absolute atomic E-state index is 4.46. The summed E-state index contributed by atoms with van der Waals surface area (Å²) in [6.07, 6.45) is 3.10. The van der Waals surface area contributed by atoms with Gasteiger partial charge in [-0.3, -0.25) is 4.68 Å². The van der Waals surface area contributed by atoms with Gasteiger partial charge in [0.1, 0.15) is 0 Å². The molecule has 0 radical (unpaired) electrons. The maximum atomic E-state index is 4.46. The normalized spacial score (nSPS) is 11.2. The van der Waals surface area contributed by atoms with Gasteiger partial charge in [-0.05, 0) is 37.1 Å². The summed E-state index contributed by atoms with van der Waals surface area (Å²) in [7, 11) is 0. The lowest BCUT2D eigenvalue weighted by Crippen LogP contribution is -2.25.